The fourth-order valence-corrected chi connectivity index (χ4v) is 5.76. The van der Waals surface area contributed by atoms with Crippen molar-refractivity contribution in [2.45, 2.75) is 64.5 Å². The van der Waals surface area contributed by atoms with Gasteiger partial charge in [-0.2, -0.15) is 0 Å². The molecule has 0 spiro atoms. The van der Waals surface area contributed by atoms with E-state index >= 15 is 0 Å². The van der Waals surface area contributed by atoms with Gasteiger partial charge in [0.2, 0.25) is 5.13 Å². The molecule has 1 amide bonds. The average Bonchev–Trinajstić information content (AvgIpc) is 3.40. The highest BCUT2D eigenvalue weighted by Gasteiger charge is 2.53. The van der Waals surface area contributed by atoms with E-state index in [1.165, 1.54) is 11.3 Å². The van der Waals surface area contributed by atoms with Crippen molar-refractivity contribution in [3.8, 4) is 11.5 Å². The predicted octanol–water partition coefficient (Wildman–Crippen LogP) is 4.53. The number of nitrogens with zero attached hydrogens (tertiary/aromatic N) is 3. The molecule has 8 nitrogen and oxygen atoms in total. The van der Waals surface area contributed by atoms with Gasteiger partial charge in [0.15, 0.2) is 23.0 Å². The van der Waals surface area contributed by atoms with E-state index in [4.69, 9.17) is 14.2 Å². The smallest absolute Gasteiger partial charge is 0.296 e. The molecule has 1 aliphatic carbocycles. The standard InChI is InChI=1S/C25H29N3O5S/c1-4-5-12-32-18-11-10-15(13-19(18)31-3)21-20-22(29)16-8-6-7-9-17(16)33-23(20)24(30)28(21)25-27-26-14(2)34-25/h10-11,13,16-17,21H,4-9,12H2,1-3H3. The number of unbranched alkanes of at least 4 members (excludes halogenated alkanes) is 1. The Labute approximate surface area is 202 Å². The Hall–Kier alpha value is -2.94. The zero-order valence-corrected chi connectivity index (χ0v) is 20.5. The number of methoxy groups -OCH3 is 1. The number of carbonyl (C=O) groups is 2. The molecule has 0 N–H and O–H groups in total. The zero-order valence-electron chi connectivity index (χ0n) is 19.7. The van der Waals surface area contributed by atoms with Crippen molar-refractivity contribution in [2.75, 3.05) is 18.6 Å². The number of benzene rings is 1. The Bertz CT molecular complexity index is 1140. The Balaban J connectivity index is 1.59. The molecule has 180 valence electrons. The van der Waals surface area contributed by atoms with E-state index in [2.05, 4.69) is 17.1 Å². The summed E-state index contributed by atoms with van der Waals surface area (Å²) in [5.41, 5.74) is 1.17. The zero-order chi connectivity index (χ0) is 23.8. The summed E-state index contributed by atoms with van der Waals surface area (Å²) in [5.74, 6) is 0.815. The highest BCUT2D eigenvalue weighted by molar-refractivity contribution is 7.15. The first-order chi connectivity index (χ1) is 16.5. The topological polar surface area (TPSA) is 90.9 Å². The molecule has 9 heteroatoms. The molecule has 2 aromatic rings. The summed E-state index contributed by atoms with van der Waals surface area (Å²) in [4.78, 5) is 28.9. The molecule has 1 fully saturated rings. The van der Waals surface area contributed by atoms with Crippen LogP contribution < -0.4 is 14.4 Å². The molecule has 1 saturated carbocycles. The third-order valence-electron chi connectivity index (χ3n) is 6.74. The maximum absolute atomic E-state index is 13.7. The molecule has 1 aromatic carbocycles. The SMILES string of the molecule is CCCCOc1ccc(C2C3=C(OC4CCCCC4C3=O)C(=O)N2c2nnc(C)s2)cc1OC. The summed E-state index contributed by atoms with van der Waals surface area (Å²) in [6.07, 6.45) is 5.32. The van der Waals surface area contributed by atoms with E-state index in [0.717, 1.165) is 49.1 Å². The van der Waals surface area contributed by atoms with E-state index < -0.39 is 6.04 Å². The molecular formula is C25H29N3O5S. The van der Waals surface area contributed by atoms with Gasteiger partial charge in [-0.15, -0.1) is 10.2 Å². The first kappa shape index (κ1) is 22.8. The first-order valence-electron chi connectivity index (χ1n) is 11.9. The fourth-order valence-electron chi connectivity index (χ4n) is 5.04. The number of carbonyl (C=O) groups excluding carboxylic acids is 2. The van der Waals surface area contributed by atoms with Crippen LogP contribution in [-0.4, -0.2) is 41.7 Å². The van der Waals surface area contributed by atoms with E-state index in [1.54, 1.807) is 12.0 Å². The third kappa shape index (κ3) is 3.85. The third-order valence-corrected chi connectivity index (χ3v) is 7.58. The van der Waals surface area contributed by atoms with Crippen molar-refractivity contribution < 1.29 is 23.8 Å². The lowest BCUT2D eigenvalue weighted by molar-refractivity contribution is -0.131. The number of aromatic nitrogens is 2. The number of hydrogen-bond acceptors (Lipinski definition) is 8. The highest BCUT2D eigenvalue weighted by Crippen LogP contribution is 2.49. The van der Waals surface area contributed by atoms with Gasteiger partial charge in [0.05, 0.1) is 31.2 Å². The second-order valence-corrected chi connectivity index (χ2v) is 10.1. The number of hydrogen-bond donors (Lipinski definition) is 0. The summed E-state index contributed by atoms with van der Waals surface area (Å²) < 4.78 is 17.7. The second kappa shape index (κ2) is 9.37. The van der Waals surface area contributed by atoms with E-state index in [1.807, 2.05) is 25.1 Å². The molecular weight excluding hydrogens is 454 g/mol. The molecule has 0 radical (unpaired) electrons. The molecule has 0 saturated heterocycles. The molecule has 3 atom stereocenters. The minimum atomic E-state index is -0.649. The lowest BCUT2D eigenvalue weighted by Gasteiger charge is -2.35. The number of amides is 1. The first-order valence-corrected chi connectivity index (χ1v) is 12.7. The summed E-state index contributed by atoms with van der Waals surface area (Å²) in [6, 6.07) is 4.92. The maximum Gasteiger partial charge on any atom is 0.296 e. The minimum Gasteiger partial charge on any atom is -0.493 e. The van der Waals surface area contributed by atoms with Crippen LogP contribution in [0.25, 0.3) is 0 Å². The van der Waals surface area contributed by atoms with Crippen molar-refractivity contribution in [1.82, 2.24) is 10.2 Å². The van der Waals surface area contributed by atoms with Crippen LogP contribution in [0.1, 0.15) is 62.1 Å². The van der Waals surface area contributed by atoms with Crippen LogP contribution in [0, 0.1) is 12.8 Å². The van der Waals surface area contributed by atoms with Gasteiger partial charge in [-0.1, -0.05) is 37.2 Å². The van der Waals surface area contributed by atoms with Gasteiger partial charge in [-0.3, -0.25) is 14.5 Å². The van der Waals surface area contributed by atoms with Gasteiger partial charge >= 0.3 is 0 Å². The lowest BCUT2D eigenvalue weighted by atomic mass is 9.77. The van der Waals surface area contributed by atoms with Crippen LogP contribution in [0.5, 0.6) is 11.5 Å². The van der Waals surface area contributed by atoms with Crippen molar-refractivity contribution in [3.05, 3.63) is 40.1 Å². The highest BCUT2D eigenvalue weighted by atomic mass is 32.1. The molecule has 1 aromatic heterocycles. The minimum absolute atomic E-state index is 0.00952. The molecule has 34 heavy (non-hydrogen) atoms. The van der Waals surface area contributed by atoms with Gasteiger partial charge < -0.3 is 14.2 Å². The van der Waals surface area contributed by atoms with E-state index in [9.17, 15) is 9.59 Å². The van der Waals surface area contributed by atoms with Crippen LogP contribution >= 0.6 is 11.3 Å². The number of Topliss-reactive ketones (excluding diaryl/α,β-unsaturated/α-hetero) is 1. The van der Waals surface area contributed by atoms with Crippen molar-refractivity contribution >= 4 is 28.2 Å². The van der Waals surface area contributed by atoms with E-state index in [0.29, 0.717) is 28.8 Å². The summed E-state index contributed by atoms with van der Waals surface area (Å²) in [7, 11) is 1.59. The number of anilines is 1. The van der Waals surface area contributed by atoms with Crippen LogP contribution in [0.15, 0.2) is 29.5 Å². The Morgan fingerprint density at radius 2 is 2.00 bits per heavy atom. The number of aryl methyl sites for hydroxylation is 1. The normalized spacial score (nSPS) is 24.1. The summed E-state index contributed by atoms with van der Waals surface area (Å²) >= 11 is 1.32. The van der Waals surface area contributed by atoms with Gasteiger partial charge in [-0.05, 0) is 50.3 Å². The maximum atomic E-state index is 13.7. The number of fused-ring (bicyclic) bond motifs is 1. The molecule has 2 aliphatic heterocycles. The van der Waals surface area contributed by atoms with Crippen LogP contribution in [0.4, 0.5) is 5.13 Å². The Morgan fingerprint density at radius 1 is 1.18 bits per heavy atom. The summed E-state index contributed by atoms with van der Waals surface area (Å²) in [5, 5.41) is 9.53. The van der Waals surface area contributed by atoms with Gasteiger partial charge in [-0.25, -0.2) is 0 Å². The van der Waals surface area contributed by atoms with Gasteiger partial charge in [0.1, 0.15) is 11.1 Å². The predicted molar refractivity (Wildman–Crippen MR) is 127 cm³/mol. The fraction of sp³-hybridized carbons (Fsp3) is 0.520. The van der Waals surface area contributed by atoms with Crippen molar-refractivity contribution in [1.29, 1.82) is 0 Å². The molecule has 3 unspecified atom stereocenters. The van der Waals surface area contributed by atoms with Crippen LogP contribution in [-0.2, 0) is 14.3 Å². The largest absolute Gasteiger partial charge is 0.493 e. The quantitative estimate of drug-likeness (QED) is 0.534. The Kier molecular flexibility index (Phi) is 6.29. The summed E-state index contributed by atoms with van der Waals surface area (Å²) in [6.45, 7) is 4.54. The molecule has 5 rings (SSSR count). The Morgan fingerprint density at radius 3 is 2.74 bits per heavy atom. The van der Waals surface area contributed by atoms with Crippen molar-refractivity contribution in [3.63, 3.8) is 0 Å². The lowest BCUT2D eigenvalue weighted by Crippen LogP contribution is -2.39. The van der Waals surface area contributed by atoms with Crippen LogP contribution in [0.3, 0.4) is 0 Å². The van der Waals surface area contributed by atoms with Crippen LogP contribution in [0.2, 0.25) is 0 Å². The molecule has 3 aliphatic rings. The van der Waals surface area contributed by atoms with E-state index in [-0.39, 0.29) is 29.5 Å². The molecule has 0 bridgehead atoms. The number of ketones is 1. The molecule has 3 heterocycles. The second-order valence-electron chi connectivity index (χ2n) is 8.95. The average molecular weight is 484 g/mol. The van der Waals surface area contributed by atoms with Gasteiger partial charge in [0, 0.05) is 0 Å². The number of ether oxygens (including phenoxy) is 3. The van der Waals surface area contributed by atoms with Gasteiger partial charge in [0.25, 0.3) is 5.91 Å². The van der Waals surface area contributed by atoms with Crippen molar-refractivity contribution in [2.24, 2.45) is 5.92 Å². The number of rotatable bonds is 7. The monoisotopic (exact) mass is 483 g/mol.